The van der Waals surface area contributed by atoms with Crippen LogP contribution in [0.15, 0.2) is 23.3 Å². The Hall–Kier alpha value is -2.15. The number of amides is 1. The molecule has 0 saturated heterocycles. The van der Waals surface area contributed by atoms with Gasteiger partial charge in [-0.1, -0.05) is 45.3 Å². The standard InChI is InChI=1S/C19H28N6OS/c1-5-12(4)16(10-22-25-21)24-19(26)14(20)9-18-23-15-7-6-13(11(2)3)8-17(15)27-18/h6-8,11-12,14,16H,5,9-10,20H2,1-4H3,(H,24,26)/t12-,14?,16+/m0/s1. The van der Waals surface area contributed by atoms with E-state index in [-0.39, 0.29) is 24.4 Å². The van der Waals surface area contributed by atoms with Crippen molar-refractivity contribution in [2.75, 3.05) is 6.54 Å². The van der Waals surface area contributed by atoms with E-state index in [1.54, 1.807) is 11.3 Å². The molecule has 0 bridgehead atoms. The van der Waals surface area contributed by atoms with Crippen molar-refractivity contribution >= 4 is 27.5 Å². The lowest BCUT2D eigenvalue weighted by Gasteiger charge is -2.24. The molecule has 27 heavy (non-hydrogen) atoms. The predicted octanol–water partition coefficient (Wildman–Crippen LogP) is 4.13. The van der Waals surface area contributed by atoms with Gasteiger partial charge in [-0.2, -0.15) is 0 Å². The summed E-state index contributed by atoms with van der Waals surface area (Å²) in [4.78, 5) is 19.9. The van der Waals surface area contributed by atoms with Gasteiger partial charge in [0.2, 0.25) is 5.91 Å². The van der Waals surface area contributed by atoms with Gasteiger partial charge in [0.05, 0.1) is 21.3 Å². The highest BCUT2D eigenvalue weighted by Gasteiger charge is 2.22. The second-order valence-corrected chi connectivity index (χ2v) is 8.33. The molecule has 0 aliphatic carbocycles. The lowest BCUT2D eigenvalue weighted by atomic mass is 9.99. The summed E-state index contributed by atoms with van der Waals surface area (Å²) in [6.07, 6.45) is 1.26. The van der Waals surface area contributed by atoms with Crippen LogP contribution < -0.4 is 11.1 Å². The van der Waals surface area contributed by atoms with E-state index in [4.69, 9.17) is 11.3 Å². The molecule has 1 amide bonds. The van der Waals surface area contributed by atoms with Crippen LogP contribution in [0.4, 0.5) is 0 Å². The third kappa shape index (κ3) is 5.66. The maximum Gasteiger partial charge on any atom is 0.237 e. The molecule has 1 unspecified atom stereocenters. The first-order valence-electron chi connectivity index (χ1n) is 9.31. The summed E-state index contributed by atoms with van der Waals surface area (Å²) in [5.41, 5.74) is 16.9. The van der Waals surface area contributed by atoms with E-state index in [1.165, 1.54) is 5.56 Å². The maximum absolute atomic E-state index is 12.5. The van der Waals surface area contributed by atoms with Crippen LogP contribution in [0, 0.1) is 5.92 Å². The number of carbonyl (C=O) groups excluding carboxylic acids is 1. The van der Waals surface area contributed by atoms with E-state index < -0.39 is 6.04 Å². The zero-order valence-electron chi connectivity index (χ0n) is 16.3. The first-order chi connectivity index (χ1) is 12.8. The number of thiazole rings is 1. The van der Waals surface area contributed by atoms with Crippen LogP contribution >= 0.6 is 11.3 Å². The fourth-order valence-corrected chi connectivity index (χ4v) is 3.86. The van der Waals surface area contributed by atoms with Crippen LogP contribution in [-0.2, 0) is 11.2 Å². The van der Waals surface area contributed by atoms with Gasteiger partial charge in [-0.25, -0.2) is 4.98 Å². The van der Waals surface area contributed by atoms with E-state index >= 15 is 0 Å². The quantitative estimate of drug-likeness (QED) is 0.382. The molecule has 2 aromatic rings. The average Bonchev–Trinajstić information content (AvgIpc) is 3.05. The fourth-order valence-electron chi connectivity index (χ4n) is 2.78. The number of nitrogens with zero attached hydrogens (tertiary/aromatic N) is 4. The van der Waals surface area contributed by atoms with Gasteiger partial charge in [0.15, 0.2) is 0 Å². The Morgan fingerprint density at radius 2 is 2.15 bits per heavy atom. The van der Waals surface area contributed by atoms with Gasteiger partial charge < -0.3 is 11.1 Å². The number of azide groups is 1. The largest absolute Gasteiger partial charge is 0.352 e. The Morgan fingerprint density at radius 1 is 1.41 bits per heavy atom. The predicted molar refractivity (Wildman–Crippen MR) is 111 cm³/mol. The number of hydrogen-bond donors (Lipinski definition) is 2. The zero-order valence-corrected chi connectivity index (χ0v) is 17.2. The molecule has 0 radical (unpaired) electrons. The normalized spacial score (nSPS) is 14.6. The van der Waals surface area contributed by atoms with Crippen molar-refractivity contribution in [3.8, 4) is 0 Å². The monoisotopic (exact) mass is 388 g/mol. The van der Waals surface area contributed by atoms with Crippen molar-refractivity contribution in [1.29, 1.82) is 0 Å². The van der Waals surface area contributed by atoms with Crippen LogP contribution in [0.5, 0.6) is 0 Å². The highest BCUT2D eigenvalue weighted by atomic mass is 32.1. The SMILES string of the molecule is CC[C@H](C)[C@@H](CN=[N+]=[N-])NC(=O)C(N)Cc1nc2ccc(C(C)C)cc2s1. The minimum absolute atomic E-state index is 0.198. The first kappa shape index (κ1) is 21.2. The number of hydrogen-bond acceptors (Lipinski definition) is 5. The van der Waals surface area contributed by atoms with Gasteiger partial charge in [0, 0.05) is 23.9 Å². The van der Waals surface area contributed by atoms with Crippen molar-refractivity contribution in [3.05, 3.63) is 39.2 Å². The molecule has 1 aromatic carbocycles. The van der Waals surface area contributed by atoms with Crippen molar-refractivity contribution in [2.24, 2.45) is 16.8 Å². The molecule has 0 aliphatic rings. The van der Waals surface area contributed by atoms with Gasteiger partial charge in [0.25, 0.3) is 0 Å². The molecule has 1 heterocycles. The van der Waals surface area contributed by atoms with Crippen LogP contribution in [0.25, 0.3) is 20.7 Å². The fraction of sp³-hybridized carbons (Fsp3) is 0.579. The summed E-state index contributed by atoms with van der Waals surface area (Å²) in [6.45, 7) is 8.60. The number of nitrogens with one attached hydrogen (secondary N) is 1. The molecule has 8 heteroatoms. The van der Waals surface area contributed by atoms with E-state index in [0.29, 0.717) is 12.3 Å². The lowest BCUT2D eigenvalue weighted by molar-refractivity contribution is -0.123. The molecule has 3 N–H and O–H groups in total. The van der Waals surface area contributed by atoms with Crippen LogP contribution in [-0.4, -0.2) is 29.5 Å². The van der Waals surface area contributed by atoms with Gasteiger partial charge in [-0.05, 0) is 35.1 Å². The number of carbonyl (C=O) groups is 1. The summed E-state index contributed by atoms with van der Waals surface area (Å²) in [6, 6.07) is 5.37. The molecule has 3 atom stereocenters. The second kappa shape index (κ2) is 9.69. The minimum Gasteiger partial charge on any atom is -0.352 e. The molecular formula is C19H28N6OS. The smallest absolute Gasteiger partial charge is 0.237 e. The summed E-state index contributed by atoms with van der Waals surface area (Å²) in [7, 11) is 0. The van der Waals surface area contributed by atoms with Gasteiger partial charge >= 0.3 is 0 Å². The summed E-state index contributed by atoms with van der Waals surface area (Å²) in [5, 5.41) is 7.38. The van der Waals surface area contributed by atoms with Crippen molar-refractivity contribution < 1.29 is 4.79 Å². The van der Waals surface area contributed by atoms with E-state index in [1.807, 2.05) is 19.9 Å². The van der Waals surface area contributed by atoms with Crippen molar-refractivity contribution in [1.82, 2.24) is 10.3 Å². The van der Waals surface area contributed by atoms with E-state index in [9.17, 15) is 4.79 Å². The van der Waals surface area contributed by atoms with Crippen molar-refractivity contribution in [2.45, 2.75) is 58.5 Å². The highest BCUT2D eigenvalue weighted by molar-refractivity contribution is 7.18. The highest BCUT2D eigenvalue weighted by Crippen LogP contribution is 2.26. The average molecular weight is 389 g/mol. The molecule has 7 nitrogen and oxygen atoms in total. The lowest BCUT2D eigenvalue weighted by Crippen LogP contribution is -2.49. The number of benzene rings is 1. The Balaban J connectivity index is 2.06. The van der Waals surface area contributed by atoms with Crippen LogP contribution in [0.1, 0.15) is 50.6 Å². The van der Waals surface area contributed by atoms with Crippen molar-refractivity contribution in [3.63, 3.8) is 0 Å². The third-order valence-electron chi connectivity index (χ3n) is 4.85. The first-order valence-corrected chi connectivity index (χ1v) is 10.1. The summed E-state index contributed by atoms with van der Waals surface area (Å²) < 4.78 is 1.12. The molecule has 0 fully saturated rings. The molecule has 1 aromatic heterocycles. The Labute approximate surface area is 164 Å². The number of rotatable bonds is 9. The van der Waals surface area contributed by atoms with Gasteiger partial charge in [-0.15, -0.1) is 11.3 Å². The topological polar surface area (TPSA) is 117 Å². The van der Waals surface area contributed by atoms with Crippen LogP contribution in [0.2, 0.25) is 0 Å². The Bertz CT molecular complexity index is 827. The molecule has 146 valence electrons. The molecule has 0 aliphatic heterocycles. The Kier molecular flexibility index (Phi) is 7.59. The summed E-state index contributed by atoms with van der Waals surface area (Å²) >= 11 is 1.58. The molecule has 2 rings (SSSR count). The maximum atomic E-state index is 12.5. The molecular weight excluding hydrogens is 360 g/mol. The molecule has 0 spiro atoms. The van der Waals surface area contributed by atoms with E-state index in [2.05, 4.69) is 46.3 Å². The second-order valence-electron chi connectivity index (χ2n) is 7.21. The zero-order chi connectivity index (χ0) is 20.0. The number of nitrogens with two attached hydrogens (primary N) is 1. The van der Waals surface area contributed by atoms with Gasteiger partial charge in [-0.3, -0.25) is 4.79 Å². The van der Waals surface area contributed by atoms with Gasteiger partial charge in [0.1, 0.15) is 0 Å². The van der Waals surface area contributed by atoms with Crippen LogP contribution in [0.3, 0.4) is 0 Å². The summed E-state index contributed by atoms with van der Waals surface area (Å²) in [5.74, 6) is 0.417. The third-order valence-corrected chi connectivity index (χ3v) is 5.90. The minimum atomic E-state index is -0.687. The number of fused-ring (bicyclic) bond motifs is 1. The number of aromatic nitrogens is 1. The molecule has 0 saturated carbocycles. The Morgan fingerprint density at radius 3 is 2.78 bits per heavy atom. The van der Waals surface area contributed by atoms with E-state index in [0.717, 1.165) is 21.6 Å².